The molecule has 4 heteroatoms. The van der Waals surface area contributed by atoms with Gasteiger partial charge in [-0.2, -0.15) is 0 Å². The normalized spacial score (nSPS) is 16.0. The zero-order valence-electron chi connectivity index (χ0n) is 19.9. The second-order valence-electron chi connectivity index (χ2n) is 9.70. The van der Waals surface area contributed by atoms with Crippen molar-refractivity contribution >= 4 is 24.7 Å². The van der Waals surface area contributed by atoms with Crippen LogP contribution in [0.3, 0.4) is 0 Å². The maximum absolute atomic E-state index is 11.2. The Morgan fingerprint density at radius 3 is 1.97 bits per heavy atom. The van der Waals surface area contributed by atoms with Gasteiger partial charge in [0.2, 0.25) is 0 Å². The van der Waals surface area contributed by atoms with Crippen molar-refractivity contribution in [3.63, 3.8) is 0 Å². The van der Waals surface area contributed by atoms with Crippen LogP contribution in [0, 0.1) is 17.8 Å². The van der Waals surface area contributed by atoms with Gasteiger partial charge >= 0.3 is 5.97 Å². The van der Waals surface area contributed by atoms with Crippen molar-refractivity contribution in [3.05, 3.63) is 60.7 Å². The Labute approximate surface area is 194 Å². The Balaban J connectivity index is 2.09. The molecule has 2 aromatic carbocycles. The maximum Gasteiger partial charge on any atom is 0.303 e. The van der Waals surface area contributed by atoms with Gasteiger partial charge in [0, 0.05) is 6.92 Å². The largest absolute Gasteiger partial charge is 0.453 e. The van der Waals surface area contributed by atoms with Crippen molar-refractivity contribution in [2.75, 3.05) is 6.61 Å². The van der Waals surface area contributed by atoms with Gasteiger partial charge in [-0.05, 0) is 34.2 Å². The van der Waals surface area contributed by atoms with E-state index in [9.17, 15) is 4.79 Å². The summed E-state index contributed by atoms with van der Waals surface area (Å²) in [6.45, 7) is 8.41. The second kappa shape index (κ2) is 11.0. The smallest absolute Gasteiger partial charge is 0.303 e. The first-order valence-corrected chi connectivity index (χ1v) is 13.7. The summed E-state index contributed by atoms with van der Waals surface area (Å²) >= 11 is 0. The van der Waals surface area contributed by atoms with E-state index in [-0.39, 0.29) is 23.7 Å². The summed E-state index contributed by atoms with van der Waals surface area (Å²) in [6.07, 6.45) is 5.80. The first kappa shape index (κ1) is 24.3. The molecule has 1 saturated carbocycles. The molecule has 0 N–H and O–H groups in total. The molecule has 1 fully saturated rings. The fraction of sp³-hybridized carbons (Fsp3) is 0.464. The highest BCUT2D eigenvalue weighted by molar-refractivity contribution is 6.99. The summed E-state index contributed by atoms with van der Waals surface area (Å²) in [5.41, 5.74) is 0. The van der Waals surface area contributed by atoms with Crippen LogP contribution < -0.4 is 10.4 Å². The molecule has 0 bridgehead atoms. The monoisotopic (exact) mass is 448 g/mol. The lowest BCUT2D eigenvalue weighted by Crippen LogP contribution is -2.68. The van der Waals surface area contributed by atoms with E-state index in [0.717, 1.165) is 12.8 Å². The van der Waals surface area contributed by atoms with Gasteiger partial charge in [-0.1, -0.05) is 113 Å². The molecule has 1 aliphatic rings. The first-order chi connectivity index (χ1) is 15.3. The Morgan fingerprint density at radius 1 is 0.969 bits per heavy atom. The Bertz CT molecular complexity index is 876. The standard InChI is InChI=1S/C28H36O3Si/c1-23(29)30-22-14-21-27(24-15-8-5-9-16-24)31-32(28(2,3)4,25-17-10-6-11-18-25)26-19-12-7-13-20-26/h6-7,10-13,17-20,24,27H,5,8-9,15-16,22H2,1-4H3/t27-/m0/s1. The highest BCUT2D eigenvalue weighted by Crippen LogP contribution is 2.39. The zero-order valence-corrected chi connectivity index (χ0v) is 20.9. The van der Waals surface area contributed by atoms with E-state index < -0.39 is 8.32 Å². The molecule has 0 amide bonds. The number of ether oxygens (including phenoxy) is 1. The van der Waals surface area contributed by atoms with Crippen molar-refractivity contribution in [3.8, 4) is 11.8 Å². The lowest BCUT2D eigenvalue weighted by atomic mass is 9.85. The molecule has 0 unspecified atom stereocenters. The third-order valence-electron chi connectivity index (χ3n) is 6.39. The number of esters is 1. The molecule has 1 aliphatic carbocycles. The first-order valence-electron chi connectivity index (χ1n) is 11.8. The minimum absolute atomic E-state index is 0.0970. The van der Waals surface area contributed by atoms with Crippen molar-refractivity contribution in [1.82, 2.24) is 0 Å². The van der Waals surface area contributed by atoms with Gasteiger partial charge in [-0.25, -0.2) is 0 Å². The average molecular weight is 449 g/mol. The SMILES string of the molecule is CC(=O)OCC#C[C@H](O[Si](c1ccccc1)(c1ccccc1)C(C)(C)C)C1CCCCC1. The van der Waals surface area contributed by atoms with E-state index in [1.807, 2.05) is 0 Å². The molecule has 32 heavy (non-hydrogen) atoms. The Kier molecular flexibility index (Phi) is 8.34. The molecule has 0 radical (unpaired) electrons. The van der Waals surface area contributed by atoms with Crippen molar-refractivity contribution in [2.24, 2.45) is 5.92 Å². The van der Waals surface area contributed by atoms with E-state index in [1.165, 1.54) is 36.6 Å². The van der Waals surface area contributed by atoms with E-state index in [4.69, 9.17) is 9.16 Å². The van der Waals surface area contributed by atoms with Gasteiger partial charge in [0.1, 0.15) is 6.10 Å². The highest BCUT2D eigenvalue weighted by atomic mass is 28.4. The summed E-state index contributed by atoms with van der Waals surface area (Å²) < 4.78 is 12.4. The molecular weight excluding hydrogens is 412 g/mol. The van der Waals surface area contributed by atoms with Gasteiger partial charge in [-0.3, -0.25) is 4.79 Å². The van der Waals surface area contributed by atoms with Crippen LogP contribution in [-0.2, 0) is 14.0 Å². The predicted octanol–water partition coefficient (Wildman–Crippen LogP) is 5.08. The van der Waals surface area contributed by atoms with Gasteiger partial charge in [0.15, 0.2) is 6.61 Å². The van der Waals surface area contributed by atoms with Crippen LogP contribution in [-0.4, -0.2) is 27.0 Å². The number of hydrogen-bond donors (Lipinski definition) is 0. The highest BCUT2D eigenvalue weighted by Gasteiger charge is 2.52. The van der Waals surface area contributed by atoms with Crippen molar-refractivity contribution in [2.45, 2.75) is 70.9 Å². The van der Waals surface area contributed by atoms with Gasteiger partial charge in [0.05, 0.1) is 0 Å². The number of hydrogen-bond acceptors (Lipinski definition) is 3. The molecular formula is C28H36O3Si. The van der Waals surface area contributed by atoms with Crippen LogP contribution in [0.15, 0.2) is 60.7 Å². The average Bonchev–Trinajstić information content (AvgIpc) is 2.79. The summed E-state index contributed by atoms with van der Waals surface area (Å²) in [4.78, 5) is 11.2. The van der Waals surface area contributed by atoms with Gasteiger partial charge in [0.25, 0.3) is 8.32 Å². The molecule has 170 valence electrons. The third kappa shape index (κ3) is 5.71. The molecule has 1 atom stereocenters. The maximum atomic E-state index is 11.2. The van der Waals surface area contributed by atoms with Crippen LogP contribution in [0.25, 0.3) is 0 Å². The Morgan fingerprint density at radius 2 is 1.50 bits per heavy atom. The van der Waals surface area contributed by atoms with E-state index >= 15 is 0 Å². The topological polar surface area (TPSA) is 35.5 Å². The number of benzene rings is 2. The molecule has 2 aromatic rings. The molecule has 0 heterocycles. The third-order valence-corrected chi connectivity index (χ3v) is 11.4. The minimum atomic E-state index is -2.69. The van der Waals surface area contributed by atoms with Crippen molar-refractivity contribution < 1.29 is 14.0 Å². The molecule has 0 aromatic heterocycles. The molecule has 3 nitrogen and oxygen atoms in total. The van der Waals surface area contributed by atoms with Gasteiger partial charge in [-0.15, -0.1) is 0 Å². The van der Waals surface area contributed by atoms with Crippen LogP contribution in [0.1, 0.15) is 59.8 Å². The molecule has 0 saturated heterocycles. The fourth-order valence-electron chi connectivity index (χ4n) is 4.84. The quantitative estimate of drug-likeness (QED) is 0.351. The predicted molar refractivity (Wildman–Crippen MR) is 133 cm³/mol. The van der Waals surface area contributed by atoms with Crippen LogP contribution in [0.5, 0.6) is 0 Å². The number of carbonyl (C=O) groups is 1. The van der Waals surface area contributed by atoms with Crippen LogP contribution >= 0.6 is 0 Å². The molecule has 0 spiro atoms. The number of carbonyl (C=O) groups excluding carboxylic acids is 1. The lowest BCUT2D eigenvalue weighted by Gasteiger charge is -2.46. The van der Waals surface area contributed by atoms with Crippen LogP contribution in [0.4, 0.5) is 0 Å². The van der Waals surface area contributed by atoms with E-state index in [1.54, 1.807) is 0 Å². The number of rotatable bonds is 6. The van der Waals surface area contributed by atoms with E-state index in [0.29, 0.717) is 5.92 Å². The summed E-state index contributed by atoms with van der Waals surface area (Å²) in [5.74, 6) is 6.59. The Hall–Kier alpha value is -2.35. The zero-order chi connectivity index (χ0) is 23.0. The van der Waals surface area contributed by atoms with Gasteiger partial charge < -0.3 is 9.16 Å². The second-order valence-corrected chi connectivity index (χ2v) is 14.0. The van der Waals surface area contributed by atoms with E-state index in [2.05, 4.69) is 93.3 Å². The minimum Gasteiger partial charge on any atom is -0.453 e. The summed E-state index contributed by atoms with van der Waals surface area (Å²) in [6, 6.07) is 21.4. The molecule has 0 aliphatic heterocycles. The summed E-state index contributed by atoms with van der Waals surface area (Å²) in [5, 5.41) is 2.43. The lowest BCUT2D eigenvalue weighted by molar-refractivity contribution is -0.139. The summed E-state index contributed by atoms with van der Waals surface area (Å²) in [7, 11) is -2.69. The fourth-order valence-corrected chi connectivity index (χ4v) is 9.49. The van der Waals surface area contributed by atoms with Crippen LogP contribution in [0.2, 0.25) is 5.04 Å². The van der Waals surface area contributed by atoms with Crippen molar-refractivity contribution in [1.29, 1.82) is 0 Å². The molecule has 3 rings (SSSR count).